The third-order valence-corrected chi connectivity index (χ3v) is 5.70. The summed E-state index contributed by atoms with van der Waals surface area (Å²) in [6.07, 6.45) is 1.60. The van der Waals surface area contributed by atoms with Crippen LogP contribution in [0.4, 0.5) is 5.69 Å². The lowest BCUT2D eigenvalue weighted by molar-refractivity contribution is -0.113. The normalized spacial score (nSPS) is 16.2. The molecule has 0 radical (unpaired) electrons. The molecule has 0 aromatic heterocycles. The highest BCUT2D eigenvalue weighted by atomic mass is 35.5. The molecular formula is C16H7Cl4NO2S2. The highest BCUT2D eigenvalue weighted by molar-refractivity contribution is 8.27. The van der Waals surface area contributed by atoms with Gasteiger partial charge in [-0.15, -0.1) is 0 Å². The van der Waals surface area contributed by atoms with Gasteiger partial charge in [0, 0.05) is 5.02 Å². The number of anilines is 1. The number of nitrogens with zero attached hydrogens (tertiary/aromatic N) is 1. The molecule has 0 bridgehead atoms. The number of benzene rings is 2. The highest BCUT2D eigenvalue weighted by Gasteiger charge is 2.34. The molecule has 2 aromatic carbocycles. The lowest BCUT2D eigenvalue weighted by Gasteiger charge is -2.16. The number of rotatable bonds is 2. The predicted octanol–water partition coefficient (Wildman–Crippen LogP) is 6.41. The van der Waals surface area contributed by atoms with Gasteiger partial charge >= 0.3 is 0 Å². The molecule has 0 unspecified atom stereocenters. The van der Waals surface area contributed by atoms with E-state index in [1.165, 1.54) is 17.0 Å². The molecule has 128 valence electrons. The van der Waals surface area contributed by atoms with E-state index in [0.717, 1.165) is 11.8 Å². The number of amides is 1. The van der Waals surface area contributed by atoms with Crippen LogP contribution in [0, 0.1) is 0 Å². The van der Waals surface area contributed by atoms with Crippen molar-refractivity contribution in [1.29, 1.82) is 0 Å². The second-order valence-electron chi connectivity index (χ2n) is 4.95. The molecule has 0 atom stereocenters. The van der Waals surface area contributed by atoms with Crippen LogP contribution in [-0.4, -0.2) is 15.3 Å². The van der Waals surface area contributed by atoms with E-state index in [0.29, 0.717) is 30.5 Å². The van der Waals surface area contributed by atoms with Crippen molar-refractivity contribution in [2.45, 2.75) is 0 Å². The predicted molar refractivity (Wildman–Crippen MR) is 110 cm³/mol. The standard InChI is InChI=1S/C16H7Cl4NO2S2/c17-8-1-2-12(9(18)6-8)21-15(23)13(25-16(21)24)5-7-3-10(19)14(22)11(20)4-7/h1-6,22H. The Bertz CT molecular complexity index is 923. The summed E-state index contributed by atoms with van der Waals surface area (Å²) < 4.78 is 0.344. The van der Waals surface area contributed by atoms with E-state index in [2.05, 4.69) is 0 Å². The molecule has 0 saturated carbocycles. The Kier molecular flexibility index (Phi) is 5.54. The van der Waals surface area contributed by atoms with Crippen molar-refractivity contribution in [3.63, 3.8) is 0 Å². The summed E-state index contributed by atoms with van der Waals surface area (Å²) in [5.74, 6) is -0.527. The summed E-state index contributed by atoms with van der Waals surface area (Å²) in [7, 11) is 0. The fourth-order valence-corrected chi connectivity index (χ4v) is 4.44. The lowest BCUT2D eigenvalue weighted by atomic mass is 10.2. The van der Waals surface area contributed by atoms with Gasteiger partial charge in [-0.05, 0) is 42.0 Å². The van der Waals surface area contributed by atoms with E-state index in [1.54, 1.807) is 24.3 Å². The van der Waals surface area contributed by atoms with Gasteiger partial charge in [0.05, 0.1) is 25.7 Å². The number of carbonyl (C=O) groups is 1. The topological polar surface area (TPSA) is 40.5 Å². The Labute approximate surface area is 173 Å². The van der Waals surface area contributed by atoms with Crippen LogP contribution in [0.5, 0.6) is 5.75 Å². The molecule has 1 aliphatic rings. The molecule has 1 N–H and O–H groups in total. The molecule has 3 rings (SSSR count). The number of phenolic OH excluding ortho intramolecular Hbond substituents is 1. The fourth-order valence-electron chi connectivity index (χ4n) is 2.16. The Hall–Kier alpha value is -0.950. The first-order valence-corrected chi connectivity index (χ1v) is 9.42. The van der Waals surface area contributed by atoms with Crippen molar-refractivity contribution in [2.24, 2.45) is 0 Å². The third-order valence-electron chi connectivity index (χ3n) is 3.28. The molecule has 25 heavy (non-hydrogen) atoms. The molecule has 2 aromatic rings. The molecular weight excluding hydrogens is 444 g/mol. The van der Waals surface area contributed by atoms with Crippen LogP contribution < -0.4 is 4.90 Å². The summed E-state index contributed by atoms with van der Waals surface area (Å²) >= 11 is 30.3. The van der Waals surface area contributed by atoms with E-state index in [-0.39, 0.29) is 21.7 Å². The Morgan fingerprint density at radius 1 is 1.04 bits per heavy atom. The van der Waals surface area contributed by atoms with E-state index >= 15 is 0 Å². The van der Waals surface area contributed by atoms with Crippen LogP contribution in [0.3, 0.4) is 0 Å². The number of hydrogen-bond donors (Lipinski definition) is 1. The Balaban J connectivity index is 1.99. The van der Waals surface area contributed by atoms with Crippen molar-refractivity contribution >= 4 is 92.4 Å². The minimum atomic E-state index is -0.320. The van der Waals surface area contributed by atoms with Gasteiger partial charge in [-0.2, -0.15) is 0 Å². The van der Waals surface area contributed by atoms with Gasteiger partial charge in [-0.1, -0.05) is 70.4 Å². The number of carbonyl (C=O) groups excluding carboxylic acids is 1. The second kappa shape index (κ2) is 7.35. The van der Waals surface area contributed by atoms with Crippen molar-refractivity contribution in [3.8, 4) is 5.75 Å². The van der Waals surface area contributed by atoms with E-state index in [1.807, 2.05) is 0 Å². The quantitative estimate of drug-likeness (QED) is 0.423. The first-order chi connectivity index (χ1) is 11.8. The number of hydrogen-bond acceptors (Lipinski definition) is 4. The molecule has 1 saturated heterocycles. The van der Waals surface area contributed by atoms with Gasteiger partial charge in [-0.25, -0.2) is 0 Å². The Morgan fingerprint density at radius 3 is 2.28 bits per heavy atom. The van der Waals surface area contributed by atoms with Crippen LogP contribution in [0.2, 0.25) is 20.1 Å². The second-order valence-corrected chi connectivity index (χ2v) is 8.28. The summed E-state index contributed by atoms with van der Waals surface area (Å²) in [5, 5.41) is 10.6. The zero-order valence-electron chi connectivity index (χ0n) is 12.1. The van der Waals surface area contributed by atoms with Gasteiger partial charge in [0.1, 0.15) is 0 Å². The van der Waals surface area contributed by atoms with Gasteiger partial charge < -0.3 is 5.11 Å². The molecule has 9 heteroatoms. The molecule has 3 nitrogen and oxygen atoms in total. The number of thiocarbonyl (C=S) groups is 1. The van der Waals surface area contributed by atoms with Gasteiger partial charge in [0.25, 0.3) is 5.91 Å². The lowest BCUT2D eigenvalue weighted by Crippen LogP contribution is -2.27. The maximum Gasteiger partial charge on any atom is 0.270 e. The third kappa shape index (κ3) is 3.77. The number of halogens is 4. The smallest absolute Gasteiger partial charge is 0.270 e. The van der Waals surface area contributed by atoms with Crippen LogP contribution in [0.25, 0.3) is 6.08 Å². The van der Waals surface area contributed by atoms with Crippen LogP contribution >= 0.6 is 70.4 Å². The van der Waals surface area contributed by atoms with Crippen LogP contribution in [0.1, 0.15) is 5.56 Å². The molecule has 1 aliphatic heterocycles. The molecule has 1 amide bonds. The number of thioether (sulfide) groups is 1. The monoisotopic (exact) mass is 449 g/mol. The van der Waals surface area contributed by atoms with Crippen LogP contribution in [-0.2, 0) is 4.79 Å². The maximum absolute atomic E-state index is 12.7. The SMILES string of the molecule is O=C1C(=Cc2cc(Cl)c(O)c(Cl)c2)SC(=S)N1c1ccc(Cl)cc1Cl. The van der Waals surface area contributed by atoms with Crippen LogP contribution in [0.15, 0.2) is 35.2 Å². The van der Waals surface area contributed by atoms with Gasteiger partial charge in [-0.3, -0.25) is 9.69 Å². The summed E-state index contributed by atoms with van der Waals surface area (Å²) in [4.78, 5) is 14.5. The summed E-state index contributed by atoms with van der Waals surface area (Å²) in [5.41, 5.74) is 1.02. The maximum atomic E-state index is 12.7. The van der Waals surface area contributed by atoms with Gasteiger partial charge in [0.15, 0.2) is 10.1 Å². The highest BCUT2D eigenvalue weighted by Crippen LogP contribution is 2.40. The summed E-state index contributed by atoms with van der Waals surface area (Å²) in [6, 6.07) is 7.81. The zero-order chi connectivity index (χ0) is 18.3. The van der Waals surface area contributed by atoms with E-state index < -0.39 is 0 Å². The average Bonchev–Trinajstić information content (AvgIpc) is 2.80. The molecule has 0 aliphatic carbocycles. The van der Waals surface area contributed by atoms with Crippen molar-refractivity contribution in [3.05, 3.63) is 60.9 Å². The minimum absolute atomic E-state index is 0.0926. The number of aromatic hydroxyl groups is 1. The van der Waals surface area contributed by atoms with Gasteiger partial charge in [0.2, 0.25) is 0 Å². The van der Waals surface area contributed by atoms with Crippen molar-refractivity contribution in [1.82, 2.24) is 0 Å². The summed E-state index contributed by atoms with van der Waals surface area (Å²) in [6.45, 7) is 0. The average molecular weight is 451 g/mol. The van der Waals surface area contributed by atoms with E-state index in [9.17, 15) is 9.90 Å². The first kappa shape index (κ1) is 18.8. The van der Waals surface area contributed by atoms with Crippen molar-refractivity contribution < 1.29 is 9.90 Å². The number of phenols is 1. The molecule has 1 fully saturated rings. The first-order valence-electron chi connectivity index (χ1n) is 6.69. The molecule has 1 heterocycles. The largest absolute Gasteiger partial charge is 0.505 e. The Morgan fingerprint density at radius 2 is 1.68 bits per heavy atom. The molecule has 0 spiro atoms. The fraction of sp³-hybridized carbons (Fsp3) is 0. The minimum Gasteiger partial charge on any atom is -0.505 e. The van der Waals surface area contributed by atoms with Crippen molar-refractivity contribution in [2.75, 3.05) is 4.90 Å². The van der Waals surface area contributed by atoms with E-state index in [4.69, 9.17) is 58.6 Å². The zero-order valence-corrected chi connectivity index (χ0v) is 16.8.